The molecule has 3 atom stereocenters. The summed E-state index contributed by atoms with van der Waals surface area (Å²) >= 11 is 0. The van der Waals surface area contributed by atoms with Gasteiger partial charge in [-0.2, -0.15) is 0 Å². The lowest BCUT2D eigenvalue weighted by molar-refractivity contribution is 0.183. The first kappa shape index (κ1) is 17.2. The molecule has 0 radical (unpaired) electrons. The van der Waals surface area contributed by atoms with Gasteiger partial charge in [-0.15, -0.1) is 0 Å². The average molecular weight is 346 g/mol. The molecule has 2 aliphatic rings. The van der Waals surface area contributed by atoms with Gasteiger partial charge in [0, 0.05) is 5.92 Å². The van der Waals surface area contributed by atoms with E-state index in [1.807, 2.05) is 19.1 Å². The molecular formula is C19H26N2O2S. The van der Waals surface area contributed by atoms with E-state index in [0.29, 0.717) is 16.6 Å². The first-order valence-corrected chi connectivity index (χ1v) is 9.93. The number of allylic oxidation sites excluding steroid dienone is 1. The summed E-state index contributed by atoms with van der Waals surface area (Å²) in [5.74, 6) is 1.20. The monoisotopic (exact) mass is 346 g/mol. The number of aliphatic imine (C=N–C) groups is 1. The lowest BCUT2D eigenvalue weighted by Crippen LogP contribution is -2.57. The number of rotatable bonds is 2. The van der Waals surface area contributed by atoms with Crippen LogP contribution in [0.5, 0.6) is 0 Å². The normalized spacial score (nSPS) is 29.1. The van der Waals surface area contributed by atoms with Gasteiger partial charge in [-0.3, -0.25) is 4.99 Å². The summed E-state index contributed by atoms with van der Waals surface area (Å²) in [6.07, 6.45) is 5.14. The zero-order valence-electron chi connectivity index (χ0n) is 15.0. The molecule has 24 heavy (non-hydrogen) atoms. The van der Waals surface area contributed by atoms with Crippen molar-refractivity contribution in [1.82, 2.24) is 4.31 Å². The van der Waals surface area contributed by atoms with Crippen LogP contribution < -0.4 is 0 Å². The van der Waals surface area contributed by atoms with E-state index in [2.05, 4.69) is 32.9 Å². The van der Waals surface area contributed by atoms with Crippen molar-refractivity contribution in [2.24, 2.45) is 16.8 Å². The summed E-state index contributed by atoms with van der Waals surface area (Å²) in [7, 11) is -3.61. The van der Waals surface area contributed by atoms with Gasteiger partial charge < -0.3 is 0 Å². The minimum absolute atomic E-state index is 0.167. The van der Waals surface area contributed by atoms with Crippen LogP contribution in [0.15, 0.2) is 46.3 Å². The Bertz CT molecular complexity index is 791. The van der Waals surface area contributed by atoms with E-state index in [1.54, 1.807) is 19.1 Å². The highest BCUT2D eigenvalue weighted by molar-refractivity contribution is 7.89. The summed E-state index contributed by atoms with van der Waals surface area (Å²) in [6, 6.07) is 6.87. The maximum atomic E-state index is 13.3. The molecule has 0 N–H and O–H groups in total. The number of nitrogens with zero attached hydrogens (tertiary/aromatic N) is 2. The standard InChI is InChI=1S/C19H26N2O2S/c1-13-6-9-16(10-7-13)24(22,23)21-15(3)20-19(4,5)17-12-14(2)8-11-18(17)21/h6-11,14,17-18H,12H2,1-5H3/t14-,17+,18-/m0/s1. The third-order valence-electron chi connectivity index (χ3n) is 5.20. The molecule has 1 aliphatic carbocycles. The van der Waals surface area contributed by atoms with E-state index in [9.17, 15) is 8.42 Å². The van der Waals surface area contributed by atoms with Gasteiger partial charge in [-0.05, 0) is 52.2 Å². The van der Waals surface area contributed by atoms with Gasteiger partial charge in [0.25, 0.3) is 10.0 Å². The Hall–Kier alpha value is -1.62. The Balaban J connectivity index is 2.11. The van der Waals surface area contributed by atoms with Gasteiger partial charge in [0.15, 0.2) is 0 Å². The van der Waals surface area contributed by atoms with E-state index in [-0.39, 0.29) is 17.5 Å². The minimum Gasteiger partial charge on any atom is -0.265 e. The zero-order valence-corrected chi connectivity index (χ0v) is 15.8. The largest absolute Gasteiger partial charge is 0.265 e. The van der Waals surface area contributed by atoms with Crippen LogP contribution in [0.2, 0.25) is 0 Å². The van der Waals surface area contributed by atoms with Crippen molar-refractivity contribution in [2.75, 3.05) is 0 Å². The second-order valence-corrected chi connectivity index (χ2v) is 9.44. The van der Waals surface area contributed by atoms with Crippen LogP contribution in [0, 0.1) is 18.8 Å². The Morgan fingerprint density at radius 2 is 1.75 bits per heavy atom. The molecule has 0 saturated heterocycles. The van der Waals surface area contributed by atoms with Gasteiger partial charge in [0.2, 0.25) is 0 Å². The Kier molecular flexibility index (Phi) is 4.11. The predicted octanol–water partition coefficient (Wildman–Crippen LogP) is 3.78. The highest BCUT2D eigenvalue weighted by Gasteiger charge is 2.47. The molecule has 0 amide bonds. The highest BCUT2D eigenvalue weighted by Crippen LogP contribution is 2.42. The summed E-state index contributed by atoms with van der Waals surface area (Å²) in [5.41, 5.74) is 0.788. The maximum Gasteiger partial charge on any atom is 0.265 e. The molecule has 4 nitrogen and oxygen atoms in total. The fraction of sp³-hybridized carbons (Fsp3) is 0.526. The summed E-state index contributed by atoms with van der Waals surface area (Å²) in [5, 5.41) is 0. The van der Waals surface area contributed by atoms with Gasteiger partial charge in [0.1, 0.15) is 5.84 Å². The Morgan fingerprint density at radius 1 is 1.12 bits per heavy atom. The second kappa shape index (κ2) is 5.73. The molecule has 3 rings (SSSR count). The van der Waals surface area contributed by atoms with Gasteiger partial charge in [-0.25, -0.2) is 12.7 Å². The molecule has 5 heteroatoms. The van der Waals surface area contributed by atoms with Crippen molar-refractivity contribution in [3.8, 4) is 0 Å². The summed E-state index contributed by atoms with van der Waals surface area (Å²) < 4.78 is 28.1. The average Bonchev–Trinajstić information content (AvgIpc) is 2.47. The van der Waals surface area contributed by atoms with E-state index in [1.165, 1.54) is 4.31 Å². The van der Waals surface area contributed by atoms with Crippen molar-refractivity contribution in [2.45, 2.75) is 57.5 Å². The first-order valence-electron chi connectivity index (χ1n) is 8.49. The maximum absolute atomic E-state index is 13.3. The molecule has 1 heterocycles. The van der Waals surface area contributed by atoms with Crippen molar-refractivity contribution in [1.29, 1.82) is 0 Å². The number of hydrogen-bond acceptors (Lipinski definition) is 3. The quantitative estimate of drug-likeness (QED) is 0.765. The molecule has 1 aromatic carbocycles. The van der Waals surface area contributed by atoms with Crippen LogP contribution in [0.3, 0.4) is 0 Å². The van der Waals surface area contributed by atoms with Crippen LogP contribution >= 0.6 is 0 Å². The first-order chi connectivity index (χ1) is 11.1. The number of benzene rings is 1. The Labute approximate surface area is 145 Å². The van der Waals surface area contributed by atoms with Crippen LogP contribution in [-0.2, 0) is 10.0 Å². The molecular weight excluding hydrogens is 320 g/mol. The van der Waals surface area contributed by atoms with Crippen molar-refractivity contribution in [3.05, 3.63) is 42.0 Å². The molecule has 1 aromatic rings. The van der Waals surface area contributed by atoms with Crippen molar-refractivity contribution >= 4 is 15.9 Å². The van der Waals surface area contributed by atoms with Crippen molar-refractivity contribution < 1.29 is 8.42 Å². The summed E-state index contributed by atoms with van der Waals surface area (Å²) in [4.78, 5) is 5.08. The molecule has 1 aliphatic heterocycles. The van der Waals surface area contributed by atoms with Gasteiger partial charge >= 0.3 is 0 Å². The lowest BCUT2D eigenvalue weighted by atomic mass is 9.72. The van der Waals surface area contributed by atoms with Crippen LogP contribution in [0.1, 0.15) is 39.7 Å². The fourth-order valence-electron chi connectivity index (χ4n) is 3.93. The highest BCUT2D eigenvalue weighted by atomic mass is 32.2. The van der Waals surface area contributed by atoms with Crippen LogP contribution in [0.25, 0.3) is 0 Å². The smallest absolute Gasteiger partial charge is 0.265 e. The molecule has 0 aromatic heterocycles. The Morgan fingerprint density at radius 3 is 2.38 bits per heavy atom. The van der Waals surface area contributed by atoms with Crippen molar-refractivity contribution in [3.63, 3.8) is 0 Å². The number of sulfonamides is 1. The third kappa shape index (κ3) is 2.79. The number of fused-ring (bicyclic) bond motifs is 1. The predicted molar refractivity (Wildman–Crippen MR) is 97.6 cm³/mol. The van der Waals surface area contributed by atoms with Gasteiger partial charge in [-0.1, -0.05) is 36.8 Å². The topological polar surface area (TPSA) is 49.7 Å². The van der Waals surface area contributed by atoms with E-state index < -0.39 is 10.0 Å². The SMILES string of the molecule is CC1=NC(C)(C)[C@@H]2C[C@@H](C)C=C[C@@H]2N1S(=O)(=O)c1ccc(C)cc1. The van der Waals surface area contributed by atoms with Gasteiger partial charge in [0.05, 0.1) is 16.5 Å². The molecule has 0 bridgehead atoms. The molecule has 0 saturated carbocycles. The van der Waals surface area contributed by atoms with Crippen LogP contribution in [-0.4, -0.2) is 30.1 Å². The van der Waals surface area contributed by atoms with E-state index in [0.717, 1.165) is 12.0 Å². The second-order valence-electron chi connectivity index (χ2n) is 7.62. The van der Waals surface area contributed by atoms with Crippen LogP contribution in [0.4, 0.5) is 0 Å². The number of hydrogen-bond donors (Lipinski definition) is 0. The minimum atomic E-state index is -3.61. The zero-order chi connectivity index (χ0) is 17.7. The molecule has 130 valence electrons. The third-order valence-corrected chi connectivity index (χ3v) is 7.09. The molecule has 0 spiro atoms. The molecule has 0 unspecified atom stereocenters. The number of amidine groups is 1. The fourth-order valence-corrected chi connectivity index (χ4v) is 5.56. The lowest BCUT2D eigenvalue weighted by Gasteiger charge is -2.48. The van der Waals surface area contributed by atoms with E-state index >= 15 is 0 Å². The summed E-state index contributed by atoms with van der Waals surface area (Å²) in [6.45, 7) is 10.1. The molecule has 0 fully saturated rings. The number of aryl methyl sites for hydroxylation is 1. The van der Waals surface area contributed by atoms with E-state index in [4.69, 9.17) is 4.99 Å².